The van der Waals surface area contributed by atoms with Crippen molar-refractivity contribution >= 4 is 0 Å². The molecule has 0 aliphatic carbocycles. The van der Waals surface area contributed by atoms with Crippen LogP contribution in [0.15, 0.2) is 31.1 Å². The number of piperidine rings is 1. The Balaban J connectivity index is 1.63. The molecule has 0 saturated carbocycles. The Bertz CT molecular complexity index is 508. The quantitative estimate of drug-likeness (QED) is 0.888. The fraction of sp³-hybridized carbons (Fsp3) is 0.462. The van der Waals surface area contributed by atoms with Crippen molar-refractivity contribution in [2.75, 3.05) is 19.7 Å². The first-order valence-electron chi connectivity index (χ1n) is 6.56. The molecule has 19 heavy (non-hydrogen) atoms. The maximum atomic E-state index is 5.76. The Hall–Kier alpha value is -1.95. The molecule has 100 valence electrons. The van der Waals surface area contributed by atoms with E-state index in [1.807, 2.05) is 16.8 Å². The molecule has 0 bridgehead atoms. The first-order valence-corrected chi connectivity index (χ1v) is 6.56. The van der Waals surface area contributed by atoms with Crippen LogP contribution in [-0.4, -0.2) is 39.2 Å². The van der Waals surface area contributed by atoms with Gasteiger partial charge in [0.1, 0.15) is 18.5 Å². The van der Waals surface area contributed by atoms with Crippen molar-refractivity contribution in [2.45, 2.75) is 12.8 Å². The van der Waals surface area contributed by atoms with E-state index >= 15 is 0 Å². The third-order valence-corrected chi connectivity index (χ3v) is 3.26. The van der Waals surface area contributed by atoms with Crippen molar-refractivity contribution in [3.05, 3.63) is 31.1 Å². The molecular formula is C13H17N5O. The summed E-state index contributed by atoms with van der Waals surface area (Å²) in [7, 11) is 0. The maximum absolute atomic E-state index is 5.76. The van der Waals surface area contributed by atoms with Crippen molar-refractivity contribution in [1.29, 1.82) is 0 Å². The van der Waals surface area contributed by atoms with E-state index in [4.69, 9.17) is 4.74 Å². The Morgan fingerprint density at radius 1 is 1.42 bits per heavy atom. The fourth-order valence-corrected chi connectivity index (χ4v) is 2.21. The lowest BCUT2D eigenvalue weighted by atomic mass is 10.0. The fourth-order valence-electron chi connectivity index (χ4n) is 2.21. The van der Waals surface area contributed by atoms with Gasteiger partial charge in [0.25, 0.3) is 0 Å². The van der Waals surface area contributed by atoms with E-state index in [0.717, 1.165) is 18.9 Å². The molecule has 1 aliphatic rings. The molecule has 0 radical (unpaired) electrons. The summed E-state index contributed by atoms with van der Waals surface area (Å²) in [6.07, 6.45) is 9.22. The summed E-state index contributed by atoms with van der Waals surface area (Å²) in [5, 5.41) is 3.38. The van der Waals surface area contributed by atoms with E-state index in [-0.39, 0.29) is 0 Å². The largest absolute Gasteiger partial charge is 0.477 e. The van der Waals surface area contributed by atoms with E-state index in [9.17, 15) is 0 Å². The normalized spacial score (nSPS) is 19.3. The van der Waals surface area contributed by atoms with Gasteiger partial charge in [-0.3, -0.25) is 4.57 Å². The van der Waals surface area contributed by atoms with Crippen LogP contribution >= 0.6 is 0 Å². The lowest BCUT2D eigenvalue weighted by molar-refractivity contribution is 0.212. The van der Waals surface area contributed by atoms with Gasteiger partial charge in [0.05, 0.1) is 6.61 Å². The average molecular weight is 259 g/mol. The van der Waals surface area contributed by atoms with Gasteiger partial charge < -0.3 is 10.1 Å². The zero-order valence-corrected chi connectivity index (χ0v) is 10.7. The Morgan fingerprint density at radius 2 is 2.42 bits per heavy atom. The minimum Gasteiger partial charge on any atom is -0.477 e. The molecule has 2 aromatic heterocycles. The molecule has 1 saturated heterocycles. The Labute approximate surface area is 111 Å². The lowest BCUT2D eigenvalue weighted by Gasteiger charge is -2.22. The molecule has 1 N–H and O–H groups in total. The monoisotopic (exact) mass is 259 g/mol. The van der Waals surface area contributed by atoms with Crippen LogP contribution < -0.4 is 10.1 Å². The highest BCUT2D eigenvalue weighted by atomic mass is 16.5. The third kappa shape index (κ3) is 3.08. The standard InChI is InChI=1S/C13H17N5O/c1-2-11(7-14-3-1)8-19-13-6-12(16-9-17-13)18-5-4-15-10-18/h4-6,9-11,14H,1-3,7-8H2. The lowest BCUT2D eigenvalue weighted by Crippen LogP contribution is -2.33. The molecule has 1 fully saturated rings. The highest BCUT2D eigenvalue weighted by Gasteiger charge is 2.14. The molecule has 3 heterocycles. The summed E-state index contributed by atoms with van der Waals surface area (Å²) in [5.74, 6) is 1.95. The second-order valence-corrected chi connectivity index (χ2v) is 4.71. The first kappa shape index (κ1) is 12.1. The van der Waals surface area contributed by atoms with Crippen LogP contribution in [0, 0.1) is 5.92 Å². The number of imidazole rings is 1. The van der Waals surface area contributed by atoms with E-state index in [1.165, 1.54) is 19.2 Å². The van der Waals surface area contributed by atoms with E-state index < -0.39 is 0 Å². The summed E-state index contributed by atoms with van der Waals surface area (Å²) >= 11 is 0. The Kier molecular flexibility index (Phi) is 3.69. The van der Waals surface area contributed by atoms with Crippen molar-refractivity contribution in [3.63, 3.8) is 0 Å². The second kappa shape index (κ2) is 5.79. The summed E-state index contributed by atoms with van der Waals surface area (Å²) in [6, 6.07) is 1.83. The summed E-state index contributed by atoms with van der Waals surface area (Å²) in [4.78, 5) is 12.3. The van der Waals surface area contributed by atoms with Crippen molar-refractivity contribution in [3.8, 4) is 11.7 Å². The zero-order chi connectivity index (χ0) is 12.9. The van der Waals surface area contributed by atoms with Gasteiger partial charge in [-0.1, -0.05) is 0 Å². The topological polar surface area (TPSA) is 64.9 Å². The molecule has 0 spiro atoms. The average Bonchev–Trinajstić information content (AvgIpc) is 3.01. The van der Waals surface area contributed by atoms with Crippen LogP contribution in [0.2, 0.25) is 0 Å². The second-order valence-electron chi connectivity index (χ2n) is 4.71. The summed E-state index contributed by atoms with van der Waals surface area (Å²) in [6.45, 7) is 2.85. The van der Waals surface area contributed by atoms with Crippen LogP contribution in [0.25, 0.3) is 5.82 Å². The van der Waals surface area contributed by atoms with E-state index in [1.54, 1.807) is 12.5 Å². The number of rotatable bonds is 4. The zero-order valence-electron chi connectivity index (χ0n) is 10.7. The van der Waals surface area contributed by atoms with Crippen LogP contribution in [0.4, 0.5) is 0 Å². The van der Waals surface area contributed by atoms with Gasteiger partial charge in [0.15, 0.2) is 0 Å². The molecular weight excluding hydrogens is 242 g/mol. The van der Waals surface area contributed by atoms with Crippen LogP contribution in [0.1, 0.15) is 12.8 Å². The number of nitrogens with zero attached hydrogens (tertiary/aromatic N) is 4. The highest BCUT2D eigenvalue weighted by molar-refractivity contribution is 5.26. The van der Waals surface area contributed by atoms with Crippen molar-refractivity contribution < 1.29 is 4.74 Å². The maximum Gasteiger partial charge on any atom is 0.218 e. The van der Waals surface area contributed by atoms with Gasteiger partial charge in [-0.25, -0.2) is 15.0 Å². The van der Waals surface area contributed by atoms with Gasteiger partial charge in [0.2, 0.25) is 5.88 Å². The highest BCUT2D eigenvalue weighted by Crippen LogP contribution is 2.14. The third-order valence-electron chi connectivity index (χ3n) is 3.26. The summed E-state index contributed by atoms with van der Waals surface area (Å²) < 4.78 is 7.59. The van der Waals surface area contributed by atoms with Crippen molar-refractivity contribution in [1.82, 2.24) is 24.8 Å². The minimum absolute atomic E-state index is 0.570. The molecule has 0 amide bonds. The molecule has 0 aromatic carbocycles. The van der Waals surface area contributed by atoms with Crippen molar-refractivity contribution in [2.24, 2.45) is 5.92 Å². The Morgan fingerprint density at radius 3 is 3.21 bits per heavy atom. The number of hydrogen-bond donors (Lipinski definition) is 1. The van der Waals surface area contributed by atoms with Gasteiger partial charge in [-0.15, -0.1) is 0 Å². The number of ether oxygens (including phenoxy) is 1. The van der Waals surface area contributed by atoms with Gasteiger partial charge in [0, 0.05) is 30.9 Å². The van der Waals surface area contributed by atoms with Gasteiger partial charge in [-0.2, -0.15) is 0 Å². The van der Waals surface area contributed by atoms with E-state index in [0.29, 0.717) is 18.4 Å². The molecule has 1 unspecified atom stereocenters. The number of nitrogens with one attached hydrogen (secondary N) is 1. The van der Waals surface area contributed by atoms with Gasteiger partial charge in [-0.05, 0) is 19.4 Å². The molecule has 1 atom stereocenters. The molecule has 6 nitrogen and oxygen atoms in total. The smallest absolute Gasteiger partial charge is 0.218 e. The van der Waals surface area contributed by atoms with Crippen LogP contribution in [-0.2, 0) is 0 Å². The molecule has 6 heteroatoms. The summed E-state index contributed by atoms with van der Waals surface area (Å²) in [5.41, 5.74) is 0. The van der Waals surface area contributed by atoms with Crippen LogP contribution in [0.5, 0.6) is 5.88 Å². The number of hydrogen-bond acceptors (Lipinski definition) is 5. The predicted molar refractivity (Wildman–Crippen MR) is 70.2 cm³/mol. The molecule has 1 aliphatic heterocycles. The first-order chi connectivity index (χ1) is 9.42. The molecule has 3 rings (SSSR count). The van der Waals surface area contributed by atoms with Gasteiger partial charge >= 0.3 is 0 Å². The van der Waals surface area contributed by atoms with E-state index in [2.05, 4.69) is 20.3 Å². The van der Waals surface area contributed by atoms with Crippen LogP contribution in [0.3, 0.4) is 0 Å². The molecule has 2 aromatic rings. The predicted octanol–water partition coefficient (Wildman–Crippen LogP) is 1.04. The SMILES string of the molecule is c1cn(-c2cc(OCC3CCCNC3)ncn2)cn1. The minimum atomic E-state index is 0.570. The number of aromatic nitrogens is 4.